The third-order valence-corrected chi connectivity index (χ3v) is 3.07. The molecule has 0 aliphatic rings. The number of rotatable bonds is 7. The summed E-state index contributed by atoms with van der Waals surface area (Å²) in [5, 5.41) is 0. The minimum Gasteiger partial charge on any atom is -0.351 e. The van der Waals surface area contributed by atoms with Gasteiger partial charge in [-0.2, -0.15) is 0 Å². The molecule has 1 aromatic rings. The SMILES string of the molecule is CCOC(OCC)C(N)Cc1ccc(F)c(Br)c1. The predicted molar refractivity (Wildman–Crippen MR) is 72.8 cm³/mol. The van der Waals surface area contributed by atoms with Gasteiger partial charge in [0.15, 0.2) is 6.29 Å². The molecule has 0 heterocycles. The number of halogens is 2. The number of hydrogen-bond acceptors (Lipinski definition) is 3. The van der Waals surface area contributed by atoms with Crippen LogP contribution in [0.25, 0.3) is 0 Å². The fourth-order valence-electron chi connectivity index (χ4n) is 1.66. The van der Waals surface area contributed by atoms with Crippen molar-refractivity contribution in [3.8, 4) is 0 Å². The van der Waals surface area contributed by atoms with E-state index in [0.717, 1.165) is 5.56 Å². The highest BCUT2D eigenvalue weighted by atomic mass is 79.9. The molecule has 5 heteroatoms. The van der Waals surface area contributed by atoms with Crippen molar-refractivity contribution in [1.82, 2.24) is 0 Å². The molecule has 0 saturated carbocycles. The molecule has 1 atom stereocenters. The Kier molecular flexibility index (Phi) is 6.78. The Morgan fingerprint density at radius 1 is 1.28 bits per heavy atom. The average molecular weight is 320 g/mol. The fraction of sp³-hybridized carbons (Fsp3) is 0.538. The lowest BCUT2D eigenvalue weighted by atomic mass is 10.1. The minimum atomic E-state index is -0.427. The Balaban J connectivity index is 2.66. The van der Waals surface area contributed by atoms with Crippen LogP contribution in [0.15, 0.2) is 22.7 Å². The van der Waals surface area contributed by atoms with Crippen LogP contribution >= 0.6 is 15.9 Å². The molecule has 0 spiro atoms. The van der Waals surface area contributed by atoms with E-state index in [1.54, 1.807) is 12.1 Å². The smallest absolute Gasteiger partial charge is 0.172 e. The van der Waals surface area contributed by atoms with E-state index in [2.05, 4.69) is 15.9 Å². The highest BCUT2D eigenvalue weighted by molar-refractivity contribution is 9.10. The molecule has 0 saturated heterocycles. The van der Waals surface area contributed by atoms with Gasteiger partial charge in [-0.15, -0.1) is 0 Å². The van der Waals surface area contributed by atoms with Crippen molar-refractivity contribution in [2.24, 2.45) is 5.73 Å². The average Bonchev–Trinajstić information content (AvgIpc) is 2.33. The van der Waals surface area contributed by atoms with Gasteiger partial charge in [-0.3, -0.25) is 0 Å². The molecule has 0 aromatic heterocycles. The lowest BCUT2D eigenvalue weighted by Crippen LogP contribution is -2.40. The summed E-state index contributed by atoms with van der Waals surface area (Å²) >= 11 is 3.16. The fourth-order valence-corrected chi connectivity index (χ4v) is 2.09. The van der Waals surface area contributed by atoms with Crippen LogP contribution in [-0.4, -0.2) is 25.5 Å². The zero-order valence-electron chi connectivity index (χ0n) is 10.7. The first-order valence-electron chi connectivity index (χ1n) is 6.01. The van der Waals surface area contributed by atoms with Crippen LogP contribution in [0.2, 0.25) is 0 Å². The summed E-state index contributed by atoms with van der Waals surface area (Å²) in [6.45, 7) is 4.89. The highest BCUT2D eigenvalue weighted by Gasteiger charge is 2.18. The van der Waals surface area contributed by atoms with E-state index < -0.39 is 6.29 Å². The Morgan fingerprint density at radius 3 is 2.39 bits per heavy atom. The van der Waals surface area contributed by atoms with Crippen molar-refractivity contribution in [3.63, 3.8) is 0 Å². The summed E-state index contributed by atoms with van der Waals surface area (Å²) in [5.41, 5.74) is 7.00. The van der Waals surface area contributed by atoms with Gasteiger partial charge in [0.25, 0.3) is 0 Å². The molecule has 102 valence electrons. The lowest BCUT2D eigenvalue weighted by molar-refractivity contribution is -0.148. The first-order valence-corrected chi connectivity index (χ1v) is 6.80. The third-order valence-electron chi connectivity index (χ3n) is 2.47. The molecule has 1 aromatic carbocycles. The number of benzene rings is 1. The molecule has 18 heavy (non-hydrogen) atoms. The van der Waals surface area contributed by atoms with Crippen LogP contribution in [0.4, 0.5) is 4.39 Å². The van der Waals surface area contributed by atoms with E-state index in [1.165, 1.54) is 6.07 Å². The summed E-state index contributed by atoms with van der Waals surface area (Å²) in [4.78, 5) is 0. The lowest BCUT2D eigenvalue weighted by Gasteiger charge is -2.23. The molecule has 0 fully saturated rings. The van der Waals surface area contributed by atoms with E-state index in [4.69, 9.17) is 15.2 Å². The Hall–Kier alpha value is -0.490. The summed E-state index contributed by atoms with van der Waals surface area (Å²) in [5.74, 6) is -0.279. The second-order valence-corrected chi connectivity index (χ2v) is 4.75. The predicted octanol–water partition coefficient (Wildman–Crippen LogP) is 2.86. The van der Waals surface area contributed by atoms with E-state index >= 15 is 0 Å². The summed E-state index contributed by atoms with van der Waals surface area (Å²) < 4.78 is 24.4. The largest absolute Gasteiger partial charge is 0.351 e. The first-order chi connectivity index (χ1) is 8.58. The van der Waals surface area contributed by atoms with Crippen molar-refractivity contribution in [2.75, 3.05) is 13.2 Å². The van der Waals surface area contributed by atoms with E-state index in [-0.39, 0.29) is 11.9 Å². The van der Waals surface area contributed by atoms with Crippen LogP contribution in [-0.2, 0) is 15.9 Å². The molecular weight excluding hydrogens is 301 g/mol. The third kappa shape index (κ3) is 4.65. The van der Waals surface area contributed by atoms with Gasteiger partial charge in [0.05, 0.1) is 10.5 Å². The zero-order valence-corrected chi connectivity index (χ0v) is 12.2. The maximum absolute atomic E-state index is 13.1. The van der Waals surface area contributed by atoms with Gasteiger partial charge >= 0.3 is 0 Å². The van der Waals surface area contributed by atoms with Gasteiger partial charge in [0.1, 0.15) is 5.82 Å². The van der Waals surface area contributed by atoms with Crippen LogP contribution in [0.3, 0.4) is 0 Å². The molecule has 0 aliphatic carbocycles. The summed E-state index contributed by atoms with van der Waals surface area (Å²) in [6.07, 6.45) is 0.146. The molecule has 1 rings (SSSR count). The molecular formula is C13H19BrFNO2. The topological polar surface area (TPSA) is 44.5 Å². The van der Waals surface area contributed by atoms with Gasteiger partial charge in [-0.05, 0) is 53.9 Å². The van der Waals surface area contributed by atoms with Gasteiger partial charge in [0.2, 0.25) is 0 Å². The molecule has 0 radical (unpaired) electrons. The molecule has 3 nitrogen and oxygen atoms in total. The number of nitrogens with two attached hydrogens (primary N) is 1. The Morgan fingerprint density at radius 2 is 1.89 bits per heavy atom. The summed E-state index contributed by atoms with van der Waals surface area (Å²) in [7, 11) is 0. The van der Waals surface area contributed by atoms with Crippen molar-refractivity contribution in [3.05, 3.63) is 34.1 Å². The van der Waals surface area contributed by atoms with Gasteiger partial charge in [0, 0.05) is 13.2 Å². The van der Waals surface area contributed by atoms with Gasteiger partial charge in [-0.1, -0.05) is 6.07 Å². The maximum atomic E-state index is 13.1. The number of hydrogen-bond donors (Lipinski definition) is 1. The van der Waals surface area contributed by atoms with E-state index in [0.29, 0.717) is 24.1 Å². The van der Waals surface area contributed by atoms with E-state index in [1.807, 2.05) is 13.8 Å². The molecule has 1 unspecified atom stereocenters. The number of ether oxygens (including phenoxy) is 2. The van der Waals surface area contributed by atoms with Gasteiger partial charge in [-0.25, -0.2) is 4.39 Å². The quantitative estimate of drug-likeness (QED) is 0.786. The molecule has 0 bridgehead atoms. The maximum Gasteiger partial charge on any atom is 0.172 e. The van der Waals surface area contributed by atoms with Crippen molar-refractivity contribution in [1.29, 1.82) is 0 Å². The van der Waals surface area contributed by atoms with Crippen LogP contribution in [0, 0.1) is 5.82 Å². The van der Waals surface area contributed by atoms with Crippen molar-refractivity contribution >= 4 is 15.9 Å². The first kappa shape index (κ1) is 15.6. The molecule has 0 aliphatic heterocycles. The second kappa shape index (κ2) is 7.84. The zero-order chi connectivity index (χ0) is 13.5. The Labute approximate surface area is 116 Å². The summed E-state index contributed by atoms with van der Waals surface area (Å²) in [6, 6.07) is 4.59. The van der Waals surface area contributed by atoms with Gasteiger partial charge < -0.3 is 15.2 Å². The standard InChI is InChI=1S/C13H19BrFNO2/c1-3-17-13(18-4-2)12(16)8-9-5-6-11(15)10(14)7-9/h5-7,12-13H,3-4,8,16H2,1-2H3. The minimum absolute atomic E-state index is 0.276. The Bertz CT molecular complexity index is 370. The molecule has 0 amide bonds. The highest BCUT2D eigenvalue weighted by Crippen LogP contribution is 2.18. The van der Waals surface area contributed by atoms with E-state index in [9.17, 15) is 4.39 Å². The second-order valence-electron chi connectivity index (χ2n) is 3.90. The van der Waals surface area contributed by atoms with Crippen molar-refractivity contribution < 1.29 is 13.9 Å². The van der Waals surface area contributed by atoms with Crippen LogP contribution in [0.5, 0.6) is 0 Å². The monoisotopic (exact) mass is 319 g/mol. The van der Waals surface area contributed by atoms with Crippen LogP contribution in [0.1, 0.15) is 19.4 Å². The normalized spacial score (nSPS) is 13.0. The molecule has 2 N–H and O–H groups in total. The van der Waals surface area contributed by atoms with Crippen LogP contribution < -0.4 is 5.73 Å². The van der Waals surface area contributed by atoms with Crippen molar-refractivity contribution in [2.45, 2.75) is 32.6 Å².